The zero-order valence-electron chi connectivity index (χ0n) is 18.3. The minimum Gasteiger partial charge on any atom is -0.346 e. The Kier molecular flexibility index (Phi) is 6.69. The third-order valence-electron chi connectivity index (χ3n) is 5.41. The number of benzene rings is 3. The quantitative estimate of drug-likeness (QED) is 0.406. The molecule has 0 saturated heterocycles. The number of hydrogen-bond donors (Lipinski definition) is 4. The Balaban J connectivity index is 1.28. The largest absolute Gasteiger partial charge is 0.346 e. The first kappa shape index (κ1) is 22.1. The molecule has 3 aromatic rings. The molecular weight excluding hydrogens is 416 g/mol. The van der Waals surface area contributed by atoms with Gasteiger partial charge in [-0.2, -0.15) is 0 Å². The van der Waals surface area contributed by atoms with E-state index >= 15 is 0 Å². The average molecular weight is 443 g/mol. The molecule has 4 rings (SSSR count). The number of urea groups is 1. The number of carbonyl (C=O) groups excluding carboxylic acids is 3. The van der Waals surface area contributed by atoms with Crippen LogP contribution < -0.4 is 21.3 Å². The number of amides is 4. The average Bonchev–Trinajstić information content (AvgIpc) is 3.66. The molecule has 0 heterocycles. The Bertz CT molecular complexity index is 1120. The molecule has 1 fully saturated rings. The van der Waals surface area contributed by atoms with Crippen molar-refractivity contribution in [2.45, 2.75) is 25.8 Å². The highest BCUT2D eigenvalue weighted by Crippen LogP contribution is 2.30. The van der Waals surface area contributed by atoms with Crippen LogP contribution in [0.5, 0.6) is 0 Å². The zero-order chi connectivity index (χ0) is 23.2. The number of rotatable bonds is 7. The van der Waals surface area contributed by atoms with Crippen LogP contribution in [0.25, 0.3) is 0 Å². The lowest BCUT2D eigenvalue weighted by atomic mass is 10.1. The molecule has 0 radical (unpaired) electrons. The van der Waals surface area contributed by atoms with Gasteiger partial charge in [-0.1, -0.05) is 30.3 Å². The molecule has 1 unspecified atom stereocenters. The van der Waals surface area contributed by atoms with E-state index in [9.17, 15) is 14.4 Å². The second-order valence-electron chi connectivity index (χ2n) is 8.10. The van der Waals surface area contributed by atoms with Gasteiger partial charge in [0.05, 0.1) is 6.04 Å². The van der Waals surface area contributed by atoms with E-state index in [-0.39, 0.29) is 29.8 Å². The van der Waals surface area contributed by atoms with Crippen molar-refractivity contribution in [2.75, 3.05) is 16.0 Å². The summed E-state index contributed by atoms with van der Waals surface area (Å²) in [4.78, 5) is 36.6. The third-order valence-corrected chi connectivity index (χ3v) is 5.41. The van der Waals surface area contributed by atoms with Crippen LogP contribution in [0.1, 0.15) is 41.7 Å². The van der Waals surface area contributed by atoms with Gasteiger partial charge in [-0.15, -0.1) is 0 Å². The van der Waals surface area contributed by atoms with Crippen LogP contribution >= 0.6 is 0 Å². The van der Waals surface area contributed by atoms with Crippen molar-refractivity contribution < 1.29 is 14.4 Å². The van der Waals surface area contributed by atoms with Crippen LogP contribution in [0.15, 0.2) is 78.9 Å². The maximum Gasteiger partial charge on any atom is 0.323 e. The summed E-state index contributed by atoms with van der Waals surface area (Å²) < 4.78 is 0. The Labute approximate surface area is 192 Å². The number of nitrogens with one attached hydrogen (secondary N) is 4. The van der Waals surface area contributed by atoms with Gasteiger partial charge in [-0.25, -0.2) is 4.79 Å². The van der Waals surface area contributed by atoms with Gasteiger partial charge in [0.15, 0.2) is 0 Å². The first-order valence-electron chi connectivity index (χ1n) is 10.9. The summed E-state index contributed by atoms with van der Waals surface area (Å²) in [5.41, 5.74) is 3.47. The zero-order valence-corrected chi connectivity index (χ0v) is 18.3. The Hall–Kier alpha value is -4.13. The van der Waals surface area contributed by atoms with Gasteiger partial charge in [-0.3, -0.25) is 9.59 Å². The minimum atomic E-state index is -0.327. The molecule has 1 atom stereocenters. The van der Waals surface area contributed by atoms with E-state index in [4.69, 9.17) is 0 Å². The van der Waals surface area contributed by atoms with Gasteiger partial charge in [0.25, 0.3) is 5.91 Å². The van der Waals surface area contributed by atoms with E-state index in [1.807, 2.05) is 49.4 Å². The fourth-order valence-electron chi connectivity index (χ4n) is 3.33. The molecule has 168 valence electrons. The predicted molar refractivity (Wildman–Crippen MR) is 129 cm³/mol. The first-order chi connectivity index (χ1) is 16.0. The molecule has 1 saturated carbocycles. The highest BCUT2D eigenvalue weighted by molar-refractivity contribution is 6.00. The topological polar surface area (TPSA) is 99.3 Å². The molecule has 7 heteroatoms. The summed E-state index contributed by atoms with van der Waals surface area (Å²) in [6.45, 7) is 1.90. The van der Waals surface area contributed by atoms with Crippen LogP contribution in [0.3, 0.4) is 0 Å². The van der Waals surface area contributed by atoms with Crippen LogP contribution in [0.4, 0.5) is 21.9 Å². The predicted octanol–water partition coefficient (Wildman–Crippen LogP) is 5.17. The lowest BCUT2D eigenvalue weighted by molar-refractivity contribution is -0.117. The summed E-state index contributed by atoms with van der Waals surface area (Å²) in [7, 11) is 0. The summed E-state index contributed by atoms with van der Waals surface area (Å²) in [6.07, 6.45) is 1.89. The Morgan fingerprint density at radius 2 is 1.27 bits per heavy atom. The summed E-state index contributed by atoms with van der Waals surface area (Å²) in [6, 6.07) is 22.8. The van der Waals surface area contributed by atoms with E-state index in [0.29, 0.717) is 22.6 Å². The summed E-state index contributed by atoms with van der Waals surface area (Å²) in [5, 5.41) is 11.4. The van der Waals surface area contributed by atoms with Gasteiger partial charge in [0.1, 0.15) is 0 Å². The fourth-order valence-corrected chi connectivity index (χ4v) is 3.33. The van der Waals surface area contributed by atoms with Crippen LogP contribution in [-0.4, -0.2) is 17.8 Å². The van der Waals surface area contributed by atoms with E-state index in [0.717, 1.165) is 18.4 Å². The number of para-hydroxylation sites is 1. The van der Waals surface area contributed by atoms with Crippen molar-refractivity contribution in [2.24, 2.45) is 5.92 Å². The van der Waals surface area contributed by atoms with Crippen LogP contribution in [0, 0.1) is 5.92 Å². The molecule has 1 aliphatic carbocycles. The van der Waals surface area contributed by atoms with E-state index in [1.54, 1.807) is 36.4 Å². The lowest BCUT2D eigenvalue weighted by Crippen LogP contribution is -2.26. The van der Waals surface area contributed by atoms with Crippen molar-refractivity contribution in [1.29, 1.82) is 0 Å². The standard InChI is InChI=1S/C26H26N4O3/c1-17(27-24(31)20-11-15-22(16-12-20)28-25(32)19-7-8-19)18-9-13-23(14-10-18)30-26(33)29-21-5-3-2-4-6-21/h2-6,9-17,19H,7-8H2,1H3,(H,27,31)(H,28,32)(H2,29,30,33). The van der Waals surface area contributed by atoms with Gasteiger partial charge in [0, 0.05) is 28.5 Å². The van der Waals surface area contributed by atoms with Crippen molar-refractivity contribution in [3.05, 3.63) is 90.0 Å². The number of carbonyl (C=O) groups is 3. The number of anilines is 3. The maximum atomic E-state index is 12.6. The second-order valence-corrected chi connectivity index (χ2v) is 8.10. The lowest BCUT2D eigenvalue weighted by Gasteiger charge is -2.15. The SMILES string of the molecule is CC(NC(=O)c1ccc(NC(=O)C2CC2)cc1)c1ccc(NC(=O)Nc2ccccc2)cc1. The molecule has 1 aliphatic rings. The highest BCUT2D eigenvalue weighted by Gasteiger charge is 2.29. The first-order valence-corrected chi connectivity index (χ1v) is 10.9. The molecule has 4 N–H and O–H groups in total. The molecule has 0 spiro atoms. The molecule has 0 aromatic heterocycles. The molecule has 3 aromatic carbocycles. The summed E-state index contributed by atoms with van der Waals surface area (Å²) >= 11 is 0. The third kappa shape index (κ3) is 6.20. The van der Waals surface area contributed by atoms with Crippen molar-refractivity contribution in [1.82, 2.24) is 5.32 Å². The molecular formula is C26H26N4O3. The van der Waals surface area contributed by atoms with Gasteiger partial charge >= 0.3 is 6.03 Å². The highest BCUT2D eigenvalue weighted by atomic mass is 16.2. The van der Waals surface area contributed by atoms with Crippen molar-refractivity contribution >= 4 is 34.9 Å². The van der Waals surface area contributed by atoms with E-state index in [2.05, 4.69) is 21.3 Å². The monoisotopic (exact) mass is 442 g/mol. The van der Waals surface area contributed by atoms with E-state index < -0.39 is 0 Å². The van der Waals surface area contributed by atoms with Gasteiger partial charge < -0.3 is 21.3 Å². The van der Waals surface area contributed by atoms with Gasteiger partial charge in [0.2, 0.25) is 5.91 Å². The Morgan fingerprint density at radius 1 is 0.727 bits per heavy atom. The van der Waals surface area contributed by atoms with Crippen molar-refractivity contribution in [3.63, 3.8) is 0 Å². The Morgan fingerprint density at radius 3 is 1.88 bits per heavy atom. The van der Waals surface area contributed by atoms with E-state index in [1.165, 1.54) is 0 Å². The molecule has 0 aliphatic heterocycles. The fraction of sp³-hybridized carbons (Fsp3) is 0.192. The molecule has 0 bridgehead atoms. The van der Waals surface area contributed by atoms with Crippen LogP contribution in [-0.2, 0) is 4.79 Å². The van der Waals surface area contributed by atoms with Crippen LogP contribution in [0.2, 0.25) is 0 Å². The minimum absolute atomic E-state index is 0.0382. The molecule has 7 nitrogen and oxygen atoms in total. The van der Waals surface area contributed by atoms with Gasteiger partial charge in [-0.05, 0) is 73.9 Å². The normalized spacial score (nSPS) is 13.5. The second kappa shape index (κ2) is 9.99. The maximum absolute atomic E-state index is 12.6. The number of hydrogen-bond acceptors (Lipinski definition) is 3. The molecule has 4 amide bonds. The molecule has 33 heavy (non-hydrogen) atoms. The summed E-state index contributed by atoms with van der Waals surface area (Å²) in [5.74, 6) is -0.0306. The smallest absolute Gasteiger partial charge is 0.323 e. The van der Waals surface area contributed by atoms with Crippen molar-refractivity contribution in [3.8, 4) is 0 Å².